The topological polar surface area (TPSA) is 31.4 Å². The lowest BCUT2D eigenvalue weighted by Crippen LogP contribution is -2.48. The number of aromatic nitrogens is 1. The SMILES string of the molecule is CCCC(C)NCCN1CCN(c2nccs2)CC1. The van der Waals surface area contributed by atoms with E-state index in [1.54, 1.807) is 11.3 Å². The molecule has 0 radical (unpaired) electrons. The summed E-state index contributed by atoms with van der Waals surface area (Å²) in [6, 6.07) is 0.654. The Bertz CT molecular complexity index is 333. The Kier molecular flexibility index (Phi) is 6.07. The predicted molar refractivity (Wildman–Crippen MR) is 83.1 cm³/mol. The second-order valence-electron chi connectivity index (χ2n) is 5.29. The average molecular weight is 282 g/mol. The Morgan fingerprint density at radius 3 is 2.79 bits per heavy atom. The van der Waals surface area contributed by atoms with Crippen LogP contribution in [0.5, 0.6) is 0 Å². The molecule has 0 aliphatic carbocycles. The maximum atomic E-state index is 4.38. The molecule has 108 valence electrons. The van der Waals surface area contributed by atoms with Crippen molar-refractivity contribution in [2.24, 2.45) is 0 Å². The van der Waals surface area contributed by atoms with Crippen LogP contribution in [0.3, 0.4) is 0 Å². The fourth-order valence-corrected chi connectivity index (χ4v) is 3.24. The van der Waals surface area contributed by atoms with Crippen LogP contribution in [0.15, 0.2) is 11.6 Å². The average Bonchev–Trinajstić information content (AvgIpc) is 2.94. The maximum Gasteiger partial charge on any atom is 0.185 e. The molecule has 1 aliphatic heterocycles. The highest BCUT2D eigenvalue weighted by Crippen LogP contribution is 2.18. The van der Waals surface area contributed by atoms with Crippen molar-refractivity contribution in [3.63, 3.8) is 0 Å². The van der Waals surface area contributed by atoms with Gasteiger partial charge in [-0.2, -0.15) is 0 Å². The van der Waals surface area contributed by atoms with Crippen LogP contribution in [0.25, 0.3) is 0 Å². The first-order chi connectivity index (χ1) is 9.29. The zero-order chi connectivity index (χ0) is 13.5. The minimum atomic E-state index is 0.654. The lowest BCUT2D eigenvalue weighted by molar-refractivity contribution is 0.254. The zero-order valence-electron chi connectivity index (χ0n) is 12.1. The van der Waals surface area contributed by atoms with Gasteiger partial charge in [0.25, 0.3) is 0 Å². The third-order valence-electron chi connectivity index (χ3n) is 3.70. The highest BCUT2D eigenvalue weighted by molar-refractivity contribution is 7.13. The fraction of sp³-hybridized carbons (Fsp3) is 0.786. The monoisotopic (exact) mass is 282 g/mol. The largest absolute Gasteiger partial charge is 0.346 e. The lowest BCUT2D eigenvalue weighted by atomic mass is 10.2. The van der Waals surface area contributed by atoms with Gasteiger partial charge in [-0.25, -0.2) is 4.98 Å². The van der Waals surface area contributed by atoms with Crippen LogP contribution < -0.4 is 10.2 Å². The van der Waals surface area contributed by atoms with E-state index in [-0.39, 0.29) is 0 Å². The molecule has 0 saturated carbocycles. The molecule has 0 spiro atoms. The quantitative estimate of drug-likeness (QED) is 0.829. The Labute approximate surface area is 120 Å². The number of nitrogens with one attached hydrogen (secondary N) is 1. The Morgan fingerprint density at radius 2 is 2.16 bits per heavy atom. The predicted octanol–water partition coefficient (Wildman–Crippen LogP) is 2.04. The minimum absolute atomic E-state index is 0.654. The summed E-state index contributed by atoms with van der Waals surface area (Å²) in [4.78, 5) is 9.33. The molecule has 0 amide bonds. The van der Waals surface area contributed by atoms with Gasteiger partial charge < -0.3 is 10.2 Å². The molecular formula is C14H26N4S. The minimum Gasteiger partial charge on any atom is -0.346 e. The summed E-state index contributed by atoms with van der Waals surface area (Å²) >= 11 is 1.74. The van der Waals surface area contributed by atoms with E-state index in [9.17, 15) is 0 Å². The Balaban J connectivity index is 1.61. The van der Waals surface area contributed by atoms with Gasteiger partial charge in [0.15, 0.2) is 5.13 Å². The fourth-order valence-electron chi connectivity index (χ4n) is 2.54. The number of piperazine rings is 1. The van der Waals surface area contributed by atoms with Crippen LogP contribution in [-0.4, -0.2) is 55.2 Å². The van der Waals surface area contributed by atoms with Crippen molar-refractivity contribution in [3.8, 4) is 0 Å². The summed E-state index contributed by atoms with van der Waals surface area (Å²) < 4.78 is 0. The lowest BCUT2D eigenvalue weighted by Gasteiger charge is -2.34. The molecule has 1 saturated heterocycles. The van der Waals surface area contributed by atoms with E-state index in [0.29, 0.717) is 6.04 Å². The molecule has 19 heavy (non-hydrogen) atoms. The molecule has 0 bridgehead atoms. The van der Waals surface area contributed by atoms with Gasteiger partial charge >= 0.3 is 0 Å². The Morgan fingerprint density at radius 1 is 1.37 bits per heavy atom. The van der Waals surface area contributed by atoms with Crippen molar-refractivity contribution >= 4 is 16.5 Å². The van der Waals surface area contributed by atoms with Crippen molar-refractivity contribution in [2.45, 2.75) is 32.7 Å². The van der Waals surface area contributed by atoms with Crippen LogP contribution in [0.1, 0.15) is 26.7 Å². The first-order valence-corrected chi connectivity index (χ1v) is 8.27. The molecule has 5 heteroatoms. The zero-order valence-corrected chi connectivity index (χ0v) is 13.0. The highest BCUT2D eigenvalue weighted by Gasteiger charge is 2.18. The summed E-state index contributed by atoms with van der Waals surface area (Å²) in [5.41, 5.74) is 0. The molecule has 4 nitrogen and oxygen atoms in total. The van der Waals surface area contributed by atoms with Crippen molar-refractivity contribution in [2.75, 3.05) is 44.2 Å². The Hall–Kier alpha value is -0.650. The van der Waals surface area contributed by atoms with E-state index in [4.69, 9.17) is 0 Å². The summed E-state index contributed by atoms with van der Waals surface area (Å²) in [6.45, 7) is 11.3. The molecule has 1 N–H and O–H groups in total. The first kappa shape index (κ1) is 14.8. The maximum absolute atomic E-state index is 4.38. The van der Waals surface area contributed by atoms with Gasteiger partial charge in [-0.15, -0.1) is 11.3 Å². The second-order valence-corrected chi connectivity index (χ2v) is 6.16. The molecule has 2 rings (SSSR count). The number of rotatable bonds is 7. The van der Waals surface area contributed by atoms with E-state index >= 15 is 0 Å². The van der Waals surface area contributed by atoms with Crippen molar-refractivity contribution in [3.05, 3.63) is 11.6 Å². The normalized spacial score (nSPS) is 18.7. The number of hydrogen-bond donors (Lipinski definition) is 1. The van der Waals surface area contributed by atoms with Gasteiger partial charge in [0, 0.05) is 56.9 Å². The van der Waals surface area contributed by atoms with Crippen molar-refractivity contribution in [1.82, 2.24) is 15.2 Å². The van der Waals surface area contributed by atoms with Gasteiger partial charge in [0.1, 0.15) is 0 Å². The van der Waals surface area contributed by atoms with E-state index in [1.807, 2.05) is 6.20 Å². The summed E-state index contributed by atoms with van der Waals surface area (Å²) in [7, 11) is 0. The van der Waals surface area contributed by atoms with Crippen LogP contribution in [0.4, 0.5) is 5.13 Å². The van der Waals surface area contributed by atoms with E-state index < -0.39 is 0 Å². The molecule has 0 aromatic carbocycles. The van der Waals surface area contributed by atoms with Gasteiger partial charge in [-0.05, 0) is 13.3 Å². The summed E-state index contributed by atoms with van der Waals surface area (Å²) in [5.74, 6) is 0. The third kappa shape index (κ3) is 4.75. The van der Waals surface area contributed by atoms with Crippen LogP contribution in [-0.2, 0) is 0 Å². The van der Waals surface area contributed by atoms with Gasteiger partial charge in [0.05, 0.1) is 0 Å². The van der Waals surface area contributed by atoms with Crippen LogP contribution in [0, 0.1) is 0 Å². The second kappa shape index (κ2) is 7.82. The molecular weight excluding hydrogens is 256 g/mol. The molecule has 1 aliphatic rings. The van der Waals surface area contributed by atoms with Crippen LogP contribution in [0.2, 0.25) is 0 Å². The molecule has 1 aromatic heterocycles. The number of hydrogen-bond acceptors (Lipinski definition) is 5. The molecule has 1 unspecified atom stereocenters. The third-order valence-corrected chi connectivity index (χ3v) is 4.54. The molecule has 2 heterocycles. The molecule has 1 aromatic rings. The standard InChI is InChI=1S/C14H26N4S/c1-3-4-13(2)15-5-7-17-8-10-18(11-9-17)14-16-6-12-19-14/h6,12-13,15H,3-5,7-11H2,1-2H3. The number of thiazole rings is 1. The molecule has 1 fully saturated rings. The van der Waals surface area contributed by atoms with Crippen molar-refractivity contribution in [1.29, 1.82) is 0 Å². The van der Waals surface area contributed by atoms with Gasteiger partial charge in [-0.1, -0.05) is 13.3 Å². The summed E-state index contributed by atoms with van der Waals surface area (Å²) in [5, 5.41) is 6.84. The van der Waals surface area contributed by atoms with E-state index in [0.717, 1.165) is 32.7 Å². The first-order valence-electron chi connectivity index (χ1n) is 7.39. The van der Waals surface area contributed by atoms with E-state index in [2.05, 4.69) is 39.3 Å². The highest BCUT2D eigenvalue weighted by atomic mass is 32.1. The molecule has 1 atom stereocenters. The summed E-state index contributed by atoms with van der Waals surface area (Å²) in [6.07, 6.45) is 4.43. The van der Waals surface area contributed by atoms with Crippen LogP contribution >= 0.6 is 11.3 Å². The van der Waals surface area contributed by atoms with E-state index in [1.165, 1.54) is 24.5 Å². The number of anilines is 1. The van der Waals surface area contributed by atoms with Gasteiger partial charge in [0.2, 0.25) is 0 Å². The smallest absolute Gasteiger partial charge is 0.185 e. The van der Waals surface area contributed by atoms with Crippen molar-refractivity contribution < 1.29 is 0 Å². The van der Waals surface area contributed by atoms with Gasteiger partial charge in [-0.3, -0.25) is 4.90 Å². The number of nitrogens with zero attached hydrogens (tertiary/aromatic N) is 3.